The van der Waals surface area contributed by atoms with Gasteiger partial charge in [0.2, 0.25) is 0 Å². The summed E-state index contributed by atoms with van der Waals surface area (Å²) in [6, 6.07) is 0. The fourth-order valence-corrected chi connectivity index (χ4v) is 3.23. The number of nitrogens with zero attached hydrogens (tertiary/aromatic N) is 5. The molecular formula is C13H16ClN5S. The molecule has 0 amide bonds. The van der Waals surface area contributed by atoms with Crippen LogP contribution < -0.4 is 9.80 Å². The van der Waals surface area contributed by atoms with Gasteiger partial charge in [0, 0.05) is 37.8 Å². The lowest BCUT2D eigenvalue weighted by Gasteiger charge is -2.35. The van der Waals surface area contributed by atoms with Gasteiger partial charge in [0.05, 0.1) is 11.4 Å². The van der Waals surface area contributed by atoms with Gasteiger partial charge in [0.15, 0.2) is 16.1 Å². The molecule has 2 aromatic rings. The van der Waals surface area contributed by atoms with Gasteiger partial charge < -0.3 is 9.80 Å². The molecule has 7 heteroatoms. The van der Waals surface area contributed by atoms with Crippen molar-refractivity contribution in [3.8, 4) is 0 Å². The minimum atomic E-state index is 0.496. The highest BCUT2D eigenvalue weighted by atomic mass is 35.5. The summed E-state index contributed by atoms with van der Waals surface area (Å²) >= 11 is 7.91. The largest absolute Gasteiger partial charge is 0.351 e. The van der Waals surface area contributed by atoms with Crippen molar-refractivity contribution in [3.05, 3.63) is 28.1 Å². The van der Waals surface area contributed by atoms with Crippen molar-refractivity contribution in [1.29, 1.82) is 0 Å². The maximum Gasteiger partial charge on any atom is 0.185 e. The third-order valence-corrected chi connectivity index (χ3v) is 4.60. The van der Waals surface area contributed by atoms with Gasteiger partial charge in [-0.1, -0.05) is 11.6 Å². The first kappa shape index (κ1) is 13.6. The van der Waals surface area contributed by atoms with E-state index >= 15 is 0 Å². The van der Waals surface area contributed by atoms with Crippen LogP contribution in [0.5, 0.6) is 0 Å². The lowest BCUT2D eigenvalue weighted by Crippen LogP contribution is -2.47. The second kappa shape index (κ2) is 5.54. The Kier molecular flexibility index (Phi) is 3.76. The Labute approximate surface area is 127 Å². The zero-order chi connectivity index (χ0) is 14.1. The summed E-state index contributed by atoms with van der Waals surface area (Å²) in [6.07, 6.45) is 1.85. The highest BCUT2D eigenvalue weighted by Gasteiger charge is 2.22. The van der Waals surface area contributed by atoms with Gasteiger partial charge in [0.25, 0.3) is 0 Å². The molecule has 3 heterocycles. The number of hydrogen-bond acceptors (Lipinski definition) is 6. The fraction of sp³-hybridized carbons (Fsp3) is 0.462. The van der Waals surface area contributed by atoms with E-state index in [0.717, 1.165) is 48.5 Å². The first-order valence-corrected chi connectivity index (χ1v) is 7.81. The Morgan fingerprint density at radius 1 is 1.05 bits per heavy atom. The van der Waals surface area contributed by atoms with Gasteiger partial charge in [-0.05, 0) is 13.8 Å². The summed E-state index contributed by atoms with van der Waals surface area (Å²) in [5, 5.41) is 3.59. The SMILES string of the molecule is Cc1nc(Cl)c(N2CCN(c3nccs3)CC2)nc1C. The van der Waals surface area contributed by atoms with E-state index in [4.69, 9.17) is 11.6 Å². The summed E-state index contributed by atoms with van der Waals surface area (Å²) in [7, 11) is 0. The summed E-state index contributed by atoms with van der Waals surface area (Å²) in [6.45, 7) is 7.52. The van der Waals surface area contributed by atoms with Crippen LogP contribution in [0.3, 0.4) is 0 Å². The molecule has 1 aliphatic heterocycles. The lowest BCUT2D eigenvalue weighted by molar-refractivity contribution is 0.644. The van der Waals surface area contributed by atoms with Gasteiger partial charge in [-0.3, -0.25) is 0 Å². The zero-order valence-corrected chi connectivity index (χ0v) is 13.1. The van der Waals surface area contributed by atoms with Crippen molar-refractivity contribution >= 4 is 33.9 Å². The monoisotopic (exact) mass is 309 g/mol. The van der Waals surface area contributed by atoms with Gasteiger partial charge in [0.1, 0.15) is 0 Å². The van der Waals surface area contributed by atoms with Crippen molar-refractivity contribution in [3.63, 3.8) is 0 Å². The van der Waals surface area contributed by atoms with Crippen molar-refractivity contribution < 1.29 is 0 Å². The van der Waals surface area contributed by atoms with Crippen LogP contribution in [0.4, 0.5) is 10.9 Å². The maximum absolute atomic E-state index is 6.23. The lowest BCUT2D eigenvalue weighted by atomic mass is 10.3. The maximum atomic E-state index is 6.23. The molecular weight excluding hydrogens is 294 g/mol. The van der Waals surface area contributed by atoms with E-state index in [1.807, 2.05) is 25.4 Å². The molecule has 0 unspecified atom stereocenters. The molecule has 0 N–H and O–H groups in total. The molecule has 0 aliphatic carbocycles. The Hall–Kier alpha value is -1.40. The van der Waals surface area contributed by atoms with Crippen LogP contribution in [0, 0.1) is 13.8 Å². The average Bonchev–Trinajstić information content (AvgIpc) is 2.97. The predicted molar refractivity (Wildman–Crippen MR) is 83.1 cm³/mol. The van der Waals surface area contributed by atoms with E-state index in [9.17, 15) is 0 Å². The zero-order valence-electron chi connectivity index (χ0n) is 11.5. The summed E-state index contributed by atoms with van der Waals surface area (Å²) in [5.74, 6) is 0.800. The molecule has 0 saturated carbocycles. The Morgan fingerprint density at radius 2 is 1.70 bits per heavy atom. The van der Waals surface area contributed by atoms with Crippen molar-refractivity contribution in [2.75, 3.05) is 36.0 Å². The van der Waals surface area contributed by atoms with Crippen LogP contribution in [0.25, 0.3) is 0 Å². The number of halogens is 1. The van der Waals surface area contributed by atoms with Crippen LogP contribution in [-0.4, -0.2) is 41.1 Å². The fourth-order valence-electron chi connectivity index (χ4n) is 2.25. The number of piperazine rings is 1. The van der Waals surface area contributed by atoms with E-state index in [0.29, 0.717) is 5.15 Å². The molecule has 0 spiro atoms. The molecule has 2 aromatic heterocycles. The van der Waals surface area contributed by atoms with Crippen LogP contribution in [0.2, 0.25) is 5.15 Å². The smallest absolute Gasteiger partial charge is 0.185 e. The second-order valence-corrected chi connectivity index (χ2v) is 6.03. The van der Waals surface area contributed by atoms with Crippen LogP contribution in [-0.2, 0) is 0 Å². The van der Waals surface area contributed by atoms with Crippen LogP contribution in [0.15, 0.2) is 11.6 Å². The molecule has 0 atom stereocenters. The average molecular weight is 310 g/mol. The molecule has 20 heavy (non-hydrogen) atoms. The number of anilines is 2. The van der Waals surface area contributed by atoms with E-state index < -0.39 is 0 Å². The van der Waals surface area contributed by atoms with Gasteiger partial charge in [-0.2, -0.15) is 0 Å². The Bertz CT molecular complexity index is 593. The Balaban J connectivity index is 1.74. The van der Waals surface area contributed by atoms with Crippen molar-refractivity contribution in [2.24, 2.45) is 0 Å². The highest BCUT2D eigenvalue weighted by Crippen LogP contribution is 2.25. The normalized spacial score (nSPS) is 15.8. The van der Waals surface area contributed by atoms with E-state index in [1.165, 1.54) is 0 Å². The molecule has 5 nitrogen and oxygen atoms in total. The minimum Gasteiger partial charge on any atom is -0.351 e. The van der Waals surface area contributed by atoms with Gasteiger partial charge in [-0.25, -0.2) is 15.0 Å². The van der Waals surface area contributed by atoms with Gasteiger partial charge >= 0.3 is 0 Å². The topological polar surface area (TPSA) is 45.2 Å². The standard InChI is InChI=1S/C13H16ClN5S/c1-9-10(2)17-12(11(14)16-9)18-4-6-19(7-5-18)13-15-3-8-20-13/h3,8H,4-7H2,1-2H3. The number of hydrogen-bond donors (Lipinski definition) is 0. The number of aromatic nitrogens is 3. The van der Waals surface area contributed by atoms with Crippen LogP contribution >= 0.6 is 22.9 Å². The first-order chi connectivity index (χ1) is 9.65. The molecule has 1 fully saturated rings. The third-order valence-electron chi connectivity index (χ3n) is 3.52. The molecule has 0 bridgehead atoms. The second-order valence-electron chi connectivity index (χ2n) is 4.80. The molecule has 3 rings (SSSR count). The quantitative estimate of drug-likeness (QED) is 0.853. The molecule has 1 saturated heterocycles. The Morgan fingerprint density at radius 3 is 2.35 bits per heavy atom. The predicted octanol–water partition coefficient (Wildman–Crippen LogP) is 2.53. The highest BCUT2D eigenvalue weighted by molar-refractivity contribution is 7.13. The summed E-state index contributed by atoms with van der Waals surface area (Å²) in [5.41, 5.74) is 1.83. The molecule has 106 valence electrons. The number of rotatable bonds is 2. The summed E-state index contributed by atoms with van der Waals surface area (Å²) in [4.78, 5) is 17.8. The van der Waals surface area contributed by atoms with Crippen LogP contribution in [0.1, 0.15) is 11.4 Å². The van der Waals surface area contributed by atoms with Crippen molar-refractivity contribution in [2.45, 2.75) is 13.8 Å². The van der Waals surface area contributed by atoms with E-state index in [1.54, 1.807) is 11.3 Å². The number of thiazole rings is 1. The van der Waals surface area contributed by atoms with Crippen molar-refractivity contribution in [1.82, 2.24) is 15.0 Å². The first-order valence-electron chi connectivity index (χ1n) is 6.55. The minimum absolute atomic E-state index is 0.496. The molecule has 0 radical (unpaired) electrons. The number of aryl methyl sites for hydroxylation is 2. The van der Waals surface area contributed by atoms with E-state index in [2.05, 4.69) is 24.8 Å². The molecule has 0 aromatic carbocycles. The van der Waals surface area contributed by atoms with Gasteiger partial charge in [-0.15, -0.1) is 11.3 Å². The summed E-state index contributed by atoms with van der Waals surface area (Å²) < 4.78 is 0. The van der Waals surface area contributed by atoms with E-state index in [-0.39, 0.29) is 0 Å². The third kappa shape index (κ3) is 2.58. The molecule has 1 aliphatic rings.